The fourth-order valence-corrected chi connectivity index (χ4v) is 9.57. The predicted octanol–water partition coefficient (Wildman–Crippen LogP) is 8.32. The molecule has 332 valence electrons. The van der Waals surface area contributed by atoms with E-state index in [2.05, 4.69) is 48.3 Å². The third kappa shape index (κ3) is 12.4. The van der Waals surface area contributed by atoms with Crippen molar-refractivity contribution < 1.29 is 28.7 Å². The van der Waals surface area contributed by atoms with Gasteiger partial charge in [0.15, 0.2) is 5.78 Å². The summed E-state index contributed by atoms with van der Waals surface area (Å²) in [5.74, 6) is -1.15. The van der Waals surface area contributed by atoms with Crippen molar-refractivity contribution in [3.8, 4) is 0 Å². The number of nitrogens with zero attached hydrogens (tertiary/aromatic N) is 4. The molecule has 5 aromatic rings. The predicted molar refractivity (Wildman–Crippen MR) is 247 cm³/mol. The van der Waals surface area contributed by atoms with E-state index in [-0.39, 0.29) is 54.4 Å². The van der Waals surface area contributed by atoms with Gasteiger partial charge in [-0.3, -0.25) is 33.6 Å². The molecule has 0 unspecified atom stereocenters. The summed E-state index contributed by atoms with van der Waals surface area (Å²) in [6, 6.07) is 24.6. The number of thiophene rings is 1. The normalized spacial score (nSPS) is 13.1. The molecule has 6 rings (SSSR count). The number of carbonyl (C=O) groups is 5. The molecule has 1 aliphatic carbocycles. The van der Waals surface area contributed by atoms with Gasteiger partial charge in [-0.1, -0.05) is 82.3 Å². The van der Waals surface area contributed by atoms with Crippen molar-refractivity contribution in [1.29, 1.82) is 0 Å². The van der Waals surface area contributed by atoms with Crippen LogP contribution < -0.4 is 10.6 Å². The highest BCUT2D eigenvalue weighted by Crippen LogP contribution is 2.44. The number of ether oxygens (including phenoxy) is 1. The molecule has 2 N–H and O–H groups in total. The van der Waals surface area contributed by atoms with Crippen molar-refractivity contribution in [2.24, 2.45) is 5.41 Å². The maximum atomic E-state index is 14.4. The van der Waals surface area contributed by atoms with Crippen LogP contribution in [0.1, 0.15) is 124 Å². The Hall–Kier alpha value is -5.92. The summed E-state index contributed by atoms with van der Waals surface area (Å²) in [7, 11) is 3.36. The Balaban J connectivity index is 1.12. The van der Waals surface area contributed by atoms with Crippen molar-refractivity contribution in [1.82, 2.24) is 24.9 Å². The van der Waals surface area contributed by atoms with Crippen LogP contribution in [0.5, 0.6) is 0 Å². The third-order valence-corrected chi connectivity index (χ3v) is 13.0. The standard InChI is InChI=1S/C50H60N6O6S/c1-7-40(8-2)55(26-25-54(6)43(57)21-22-44(58)62-33-35-13-10-9-11-14-35)30-36-15-12-16-38(27-36)48(61)53-49-45(41-23-24-50(3,4)28-42(41)63-49)46(59)39-29-52-56(32-39)31-34-17-19-37(20-18-34)47(60)51-5/h9-20,27,29,32,40H,7-8,21-26,28,30-31,33H2,1-6H3,(H,51,60)(H,53,61). The summed E-state index contributed by atoms with van der Waals surface area (Å²) in [5.41, 5.74) is 5.90. The molecule has 0 spiro atoms. The average molecular weight is 873 g/mol. The van der Waals surface area contributed by atoms with Gasteiger partial charge in [-0.25, -0.2) is 0 Å². The number of hydrogen-bond acceptors (Lipinski definition) is 9. The molecule has 0 saturated carbocycles. The lowest BCUT2D eigenvalue weighted by Gasteiger charge is -2.32. The highest BCUT2D eigenvalue weighted by atomic mass is 32.1. The molecule has 0 fully saturated rings. The molecular formula is C50H60N6O6S. The number of likely N-dealkylation sites (N-methyl/N-ethyl adjacent to an activating group) is 1. The summed E-state index contributed by atoms with van der Waals surface area (Å²) in [5, 5.41) is 10.8. The molecule has 0 aliphatic heterocycles. The Morgan fingerprint density at radius 3 is 2.30 bits per heavy atom. The van der Waals surface area contributed by atoms with Gasteiger partial charge >= 0.3 is 5.97 Å². The molecule has 3 aromatic carbocycles. The van der Waals surface area contributed by atoms with Crippen molar-refractivity contribution >= 4 is 45.8 Å². The summed E-state index contributed by atoms with van der Waals surface area (Å²) < 4.78 is 7.07. The molecule has 0 atom stereocenters. The van der Waals surface area contributed by atoms with Crippen molar-refractivity contribution in [3.05, 3.63) is 141 Å². The average Bonchev–Trinajstić information content (AvgIpc) is 3.90. The number of anilines is 1. The van der Waals surface area contributed by atoms with Crippen molar-refractivity contribution in [2.45, 2.75) is 98.4 Å². The van der Waals surface area contributed by atoms with Crippen LogP contribution >= 0.6 is 11.3 Å². The van der Waals surface area contributed by atoms with E-state index in [1.807, 2.05) is 60.7 Å². The first-order valence-electron chi connectivity index (χ1n) is 21.9. The number of ketones is 1. The van der Waals surface area contributed by atoms with Gasteiger partial charge in [0.25, 0.3) is 11.8 Å². The van der Waals surface area contributed by atoms with Crippen LogP contribution in [0, 0.1) is 5.41 Å². The van der Waals surface area contributed by atoms with Crippen molar-refractivity contribution in [3.63, 3.8) is 0 Å². The largest absolute Gasteiger partial charge is 0.461 e. The van der Waals surface area contributed by atoms with E-state index in [9.17, 15) is 24.0 Å². The SMILES string of the molecule is CCC(CC)N(CCN(C)C(=O)CCC(=O)OCc1ccccc1)Cc1cccc(C(=O)Nc2sc3c(c2C(=O)c2cnn(Cc4ccc(C(=O)NC)cc4)c2)CCC(C)(C)C3)c1. The minimum atomic E-state index is -0.402. The second-order valence-electron chi connectivity index (χ2n) is 17.1. The zero-order valence-corrected chi connectivity index (χ0v) is 38.2. The van der Waals surface area contributed by atoms with Crippen LogP contribution in [0.2, 0.25) is 0 Å². The molecule has 0 saturated heterocycles. The van der Waals surface area contributed by atoms with Gasteiger partial charge in [-0.2, -0.15) is 5.10 Å². The zero-order valence-electron chi connectivity index (χ0n) is 37.4. The number of hydrogen-bond donors (Lipinski definition) is 2. The van der Waals surface area contributed by atoms with Crippen LogP contribution in [-0.4, -0.2) is 82.3 Å². The summed E-state index contributed by atoms with van der Waals surface area (Å²) in [6.45, 7) is 11.1. The Morgan fingerprint density at radius 2 is 1.59 bits per heavy atom. The monoisotopic (exact) mass is 872 g/mol. The highest BCUT2D eigenvalue weighted by molar-refractivity contribution is 7.17. The number of aromatic nitrogens is 2. The Kier molecular flexibility index (Phi) is 15.9. The minimum Gasteiger partial charge on any atom is -0.461 e. The van der Waals surface area contributed by atoms with Crippen LogP contribution in [0.25, 0.3) is 0 Å². The van der Waals surface area contributed by atoms with Crippen LogP contribution in [0.3, 0.4) is 0 Å². The van der Waals surface area contributed by atoms with Crippen LogP contribution in [0.15, 0.2) is 91.3 Å². The number of carbonyl (C=O) groups excluding carboxylic acids is 5. The number of fused-ring (bicyclic) bond motifs is 1. The molecule has 0 radical (unpaired) electrons. The van der Waals surface area contributed by atoms with E-state index in [0.717, 1.165) is 59.2 Å². The first-order chi connectivity index (χ1) is 30.3. The second kappa shape index (κ2) is 21.4. The lowest BCUT2D eigenvalue weighted by atomic mass is 9.76. The molecule has 2 aromatic heterocycles. The van der Waals surface area contributed by atoms with Gasteiger partial charge in [0.2, 0.25) is 5.91 Å². The number of nitrogens with one attached hydrogen (secondary N) is 2. The van der Waals surface area contributed by atoms with Gasteiger partial charge in [0.1, 0.15) is 11.6 Å². The first-order valence-corrected chi connectivity index (χ1v) is 22.7. The molecular weight excluding hydrogens is 813 g/mol. The van der Waals surface area contributed by atoms with E-state index >= 15 is 0 Å². The van der Waals surface area contributed by atoms with Gasteiger partial charge in [-0.05, 0) is 84.0 Å². The van der Waals surface area contributed by atoms with E-state index in [1.54, 1.807) is 54.3 Å². The van der Waals surface area contributed by atoms with Gasteiger partial charge < -0.3 is 20.3 Å². The smallest absolute Gasteiger partial charge is 0.306 e. The number of esters is 1. The summed E-state index contributed by atoms with van der Waals surface area (Å²) in [4.78, 5) is 71.0. The molecule has 13 heteroatoms. The van der Waals surface area contributed by atoms with Gasteiger partial charge in [0, 0.05) is 68.4 Å². The fourth-order valence-electron chi connectivity index (χ4n) is 8.07. The molecule has 3 amide bonds. The zero-order chi connectivity index (χ0) is 45.1. The maximum Gasteiger partial charge on any atom is 0.306 e. The Bertz CT molecular complexity index is 2380. The van der Waals surface area contributed by atoms with Crippen LogP contribution in [-0.2, 0) is 46.9 Å². The topological polar surface area (TPSA) is 143 Å². The number of rotatable bonds is 20. The Labute approximate surface area is 375 Å². The number of amides is 3. The molecule has 12 nitrogen and oxygen atoms in total. The molecule has 2 heterocycles. The van der Waals surface area contributed by atoms with E-state index < -0.39 is 5.97 Å². The van der Waals surface area contributed by atoms with Crippen molar-refractivity contribution in [2.75, 3.05) is 32.5 Å². The lowest BCUT2D eigenvalue weighted by Crippen LogP contribution is -2.41. The third-order valence-electron chi connectivity index (χ3n) is 11.9. The highest BCUT2D eigenvalue weighted by Gasteiger charge is 2.34. The minimum absolute atomic E-state index is 0.0201. The lowest BCUT2D eigenvalue weighted by molar-refractivity contribution is -0.147. The second-order valence-corrected chi connectivity index (χ2v) is 18.2. The van der Waals surface area contributed by atoms with E-state index in [4.69, 9.17) is 4.74 Å². The van der Waals surface area contributed by atoms with Crippen LogP contribution in [0.4, 0.5) is 5.00 Å². The molecule has 0 bridgehead atoms. The Morgan fingerprint density at radius 1 is 0.857 bits per heavy atom. The summed E-state index contributed by atoms with van der Waals surface area (Å²) in [6.07, 6.45) is 7.74. The summed E-state index contributed by atoms with van der Waals surface area (Å²) >= 11 is 1.49. The molecule has 1 aliphatic rings. The van der Waals surface area contributed by atoms with E-state index in [1.165, 1.54) is 11.3 Å². The van der Waals surface area contributed by atoms with E-state index in [0.29, 0.717) is 53.4 Å². The first kappa shape index (κ1) is 46.6. The van der Waals surface area contributed by atoms with Gasteiger partial charge in [0.05, 0.1) is 30.3 Å². The maximum absolute atomic E-state index is 14.4. The fraction of sp³-hybridized carbons (Fsp3) is 0.400. The van der Waals surface area contributed by atoms with Gasteiger partial charge in [-0.15, -0.1) is 11.3 Å². The number of benzene rings is 3. The molecule has 63 heavy (non-hydrogen) atoms. The quantitative estimate of drug-likeness (QED) is 0.0588.